The molecular formula is C33H30Cl2FN3O2. The summed E-state index contributed by atoms with van der Waals surface area (Å²) in [6.45, 7) is 8.26. The molecule has 0 saturated heterocycles. The van der Waals surface area contributed by atoms with E-state index in [1.54, 1.807) is 35.2 Å². The Bertz CT molecular complexity index is 1670. The van der Waals surface area contributed by atoms with E-state index in [0.717, 1.165) is 28.0 Å². The standard InChI is InChI=1S/C33H30Cl2FN3O2/c1-18-11-20(17-41-23-8-6-22(36)7-9-23)19(2)24(12-18)30-25(16-37)32(38)39(27-10-5-21(34)13-26(27)35)28-14-33(3,4)15-29(40)31(28)30/h5-13,30H,14-15,17,38H2,1-4H3. The highest BCUT2D eigenvalue weighted by molar-refractivity contribution is 6.36. The van der Waals surface area contributed by atoms with Gasteiger partial charge in [-0.25, -0.2) is 4.39 Å². The third-order valence-corrected chi connectivity index (χ3v) is 8.29. The van der Waals surface area contributed by atoms with Crippen LogP contribution in [0.1, 0.15) is 54.9 Å². The molecule has 1 heterocycles. The average Bonchev–Trinajstić information content (AvgIpc) is 2.89. The van der Waals surface area contributed by atoms with Gasteiger partial charge in [-0.1, -0.05) is 54.7 Å². The maximum Gasteiger partial charge on any atom is 0.162 e. The van der Waals surface area contributed by atoms with E-state index in [0.29, 0.717) is 39.9 Å². The number of carbonyl (C=O) groups is 1. The lowest BCUT2D eigenvalue weighted by molar-refractivity contribution is -0.118. The van der Waals surface area contributed by atoms with Gasteiger partial charge in [-0.15, -0.1) is 0 Å². The van der Waals surface area contributed by atoms with Gasteiger partial charge < -0.3 is 10.5 Å². The molecule has 2 N–H and O–H groups in total. The smallest absolute Gasteiger partial charge is 0.162 e. The molecule has 1 unspecified atom stereocenters. The van der Waals surface area contributed by atoms with Crippen LogP contribution in [-0.4, -0.2) is 5.78 Å². The Morgan fingerprint density at radius 3 is 2.46 bits per heavy atom. The SMILES string of the molecule is Cc1cc(COc2ccc(F)cc2)c(C)c(C2C(C#N)=C(N)N(c3ccc(Cl)cc3Cl)C3=C2C(=O)CC(C)(C)C3)c1. The number of aryl methyl sites for hydroxylation is 1. The van der Waals surface area contributed by atoms with Gasteiger partial charge in [-0.3, -0.25) is 9.69 Å². The molecule has 1 atom stereocenters. The van der Waals surface area contributed by atoms with Crippen molar-refractivity contribution in [2.24, 2.45) is 11.1 Å². The first-order chi connectivity index (χ1) is 19.4. The Kier molecular flexibility index (Phi) is 7.63. The number of hydrogen-bond acceptors (Lipinski definition) is 5. The minimum absolute atomic E-state index is 0.0263. The highest BCUT2D eigenvalue weighted by Crippen LogP contribution is 2.52. The Labute approximate surface area is 249 Å². The monoisotopic (exact) mass is 589 g/mol. The van der Waals surface area contributed by atoms with Gasteiger partial charge >= 0.3 is 0 Å². The van der Waals surface area contributed by atoms with E-state index >= 15 is 0 Å². The molecule has 0 aromatic heterocycles. The molecule has 0 saturated carbocycles. The minimum Gasteiger partial charge on any atom is -0.489 e. The van der Waals surface area contributed by atoms with Crippen molar-refractivity contribution in [3.05, 3.63) is 115 Å². The summed E-state index contributed by atoms with van der Waals surface area (Å²) < 4.78 is 19.3. The topological polar surface area (TPSA) is 79.3 Å². The van der Waals surface area contributed by atoms with Crippen LogP contribution in [0.25, 0.3) is 0 Å². The zero-order valence-corrected chi connectivity index (χ0v) is 24.8. The van der Waals surface area contributed by atoms with Gasteiger partial charge in [0.1, 0.15) is 24.0 Å². The quantitative estimate of drug-likeness (QED) is 0.324. The van der Waals surface area contributed by atoms with E-state index in [1.165, 1.54) is 12.1 Å². The molecule has 41 heavy (non-hydrogen) atoms. The lowest BCUT2D eigenvalue weighted by atomic mass is 9.68. The molecular weight excluding hydrogens is 560 g/mol. The zero-order chi connectivity index (χ0) is 29.6. The van der Waals surface area contributed by atoms with Gasteiger partial charge in [0.15, 0.2) is 5.78 Å². The van der Waals surface area contributed by atoms with Crippen molar-refractivity contribution in [2.75, 3.05) is 4.90 Å². The van der Waals surface area contributed by atoms with Crippen LogP contribution in [0.15, 0.2) is 77.3 Å². The lowest BCUT2D eigenvalue weighted by Crippen LogP contribution is -2.42. The number of ketones is 1. The minimum atomic E-state index is -0.648. The summed E-state index contributed by atoms with van der Waals surface area (Å²) in [6, 6.07) is 17.3. The fraction of sp³-hybridized carbons (Fsp3) is 0.273. The number of nitrogens with two attached hydrogens (primary N) is 1. The second kappa shape index (κ2) is 10.9. The Morgan fingerprint density at radius 1 is 1.10 bits per heavy atom. The first kappa shape index (κ1) is 28.7. The van der Waals surface area contributed by atoms with E-state index in [2.05, 4.69) is 6.07 Å². The summed E-state index contributed by atoms with van der Waals surface area (Å²) in [4.78, 5) is 15.7. The van der Waals surface area contributed by atoms with Crippen molar-refractivity contribution >= 4 is 34.7 Å². The van der Waals surface area contributed by atoms with Crippen LogP contribution in [-0.2, 0) is 11.4 Å². The fourth-order valence-electron chi connectivity index (χ4n) is 5.86. The second-order valence-corrected chi connectivity index (χ2v) is 12.3. The fourth-order valence-corrected chi connectivity index (χ4v) is 6.36. The van der Waals surface area contributed by atoms with E-state index in [1.807, 2.05) is 39.8 Å². The molecule has 210 valence electrons. The summed E-state index contributed by atoms with van der Waals surface area (Å²) in [7, 11) is 0. The zero-order valence-electron chi connectivity index (χ0n) is 23.3. The maximum absolute atomic E-state index is 14.0. The third kappa shape index (κ3) is 5.45. The maximum atomic E-state index is 14.0. The molecule has 1 aliphatic heterocycles. The lowest BCUT2D eigenvalue weighted by Gasteiger charge is -2.44. The number of ether oxygens (including phenoxy) is 1. The first-order valence-corrected chi connectivity index (χ1v) is 14.1. The predicted molar refractivity (Wildman–Crippen MR) is 160 cm³/mol. The van der Waals surface area contributed by atoms with E-state index in [4.69, 9.17) is 33.7 Å². The molecule has 2 aliphatic rings. The number of benzene rings is 3. The van der Waals surface area contributed by atoms with Crippen molar-refractivity contribution in [2.45, 2.75) is 53.1 Å². The summed E-state index contributed by atoms with van der Waals surface area (Å²) in [5.41, 5.74) is 12.2. The molecule has 1 aliphatic carbocycles. The van der Waals surface area contributed by atoms with Gasteiger partial charge in [0.25, 0.3) is 0 Å². The van der Waals surface area contributed by atoms with Crippen LogP contribution in [0.5, 0.6) is 5.75 Å². The van der Waals surface area contributed by atoms with Crippen LogP contribution in [0.3, 0.4) is 0 Å². The van der Waals surface area contributed by atoms with Gasteiger partial charge in [-0.2, -0.15) is 5.26 Å². The third-order valence-electron chi connectivity index (χ3n) is 7.75. The second-order valence-electron chi connectivity index (χ2n) is 11.5. The van der Waals surface area contributed by atoms with E-state index in [-0.39, 0.29) is 35.0 Å². The van der Waals surface area contributed by atoms with Gasteiger partial charge in [0.2, 0.25) is 0 Å². The van der Waals surface area contributed by atoms with Crippen LogP contribution in [0.4, 0.5) is 10.1 Å². The number of allylic oxidation sites excluding steroid dienone is 3. The summed E-state index contributed by atoms with van der Waals surface area (Å²) >= 11 is 12.8. The Morgan fingerprint density at radius 2 is 1.80 bits per heavy atom. The normalized spacial score (nSPS) is 18.3. The molecule has 5 rings (SSSR count). The summed E-state index contributed by atoms with van der Waals surface area (Å²) in [5, 5.41) is 11.3. The number of Topliss-reactive ketones (excluding diaryl/α,β-unsaturated/α-hetero) is 1. The van der Waals surface area contributed by atoms with Crippen molar-refractivity contribution in [3.63, 3.8) is 0 Å². The van der Waals surface area contributed by atoms with E-state index < -0.39 is 5.92 Å². The number of nitriles is 1. The van der Waals surface area contributed by atoms with Crippen molar-refractivity contribution < 1.29 is 13.9 Å². The van der Waals surface area contributed by atoms with Gasteiger partial charge in [0, 0.05) is 22.7 Å². The van der Waals surface area contributed by atoms with Crippen molar-refractivity contribution in [1.29, 1.82) is 5.26 Å². The van der Waals surface area contributed by atoms with Crippen LogP contribution in [0, 0.1) is 36.4 Å². The highest BCUT2D eigenvalue weighted by atomic mass is 35.5. The number of nitrogens with zero attached hydrogens (tertiary/aromatic N) is 2. The Hall–Kier alpha value is -3.79. The molecule has 5 nitrogen and oxygen atoms in total. The number of hydrogen-bond donors (Lipinski definition) is 1. The molecule has 0 spiro atoms. The summed E-state index contributed by atoms with van der Waals surface area (Å²) in [5.74, 6) is -0.239. The first-order valence-electron chi connectivity index (χ1n) is 13.3. The molecule has 0 amide bonds. The largest absolute Gasteiger partial charge is 0.489 e. The molecule has 3 aromatic carbocycles. The van der Waals surface area contributed by atoms with Crippen molar-refractivity contribution in [3.8, 4) is 11.8 Å². The molecule has 0 bridgehead atoms. The molecule has 3 aromatic rings. The Balaban J connectivity index is 1.68. The van der Waals surface area contributed by atoms with Gasteiger partial charge in [0.05, 0.1) is 28.3 Å². The van der Waals surface area contributed by atoms with Crippen LogP contribution >= 0.6 is 23.2 Å². The van der Waals surface area contributed by atoms with E-state index in [9.17, 15) is 14.4 Å². The molecule has 8 heteroatoms. The van der Waals surface area contributed by atoms with Crippen molar-refractivity contribution in [1.82, 2.24) is 0 Å². The number of rotatable bonds is 5. The molecule has 0 radical (unpaired) electrons. The van der Waals surface area contributed by atoms with Crippen LogP contribution < -0.4 is 15.4 Å². The number of anilines is 1. The van der Waals surface area contributed by atoms with Gasteiger partial charge in [-0.05, 0) is 84.8 Å². The highest BCUT2D eigenvalue weighted by Gasteiger charge is 2.45. The summed E-state index contributed by atoms with van der Waals surface area (Å²) in [6.07, 6.45) is 0.906. The number of halogens is 3. The predicted octanol–water partition coefficient (Wildman–Crippen LogP) is 8.27. The average molecular weight is 591 g/mol. The van der Waals surface area contributed by atoms with Crippen LogP contribution in [0.2, 0.25) is 10.0 Å². The molecule has 0 fully saturated rings. The number of carbonyl (C=O) groups excluding carboxylic acids is 1.